The lowest BCUT2D eigenvalue weighted by atomic mass is 10.4. The van der Waals surface area contributed by atoms with Crippen LogP contribution in [0.15, 0.2) is 10.6 Å². The minimum Gasteiger partial charge on any atom is -0.476 e. The lowest BCUT2D eigenvalue weighted by Crippen LogP contribution is -2.17. The van der Waals surface area contributed by atoms with Crippen molar-refractivity contribution in [2.75, 3.05) is 5.75 Å². The van der Waals surface area contributed by atoms with E-state index >= 15 is 0 Å². The number of rotatable bonds is 5. The topological polar surface area (TPSA) is 89.4 Å². The molecule has 0 aliphatic heterocycles. The Labute approximate surface area is 85.6 Å². The third-order valence-electron chi connectivity index (χ3n) is 1.40. The van der Waals surface area contributed by atoms with E-state index in [4.69, 9.17) is 15.4 Å². The van der Waals surface area contributed by atoms with Crippen LogP contribution in [0, 0.1) is 0 Å². The van der Waals surface area contributed by atoms with Gasteiger partial charge in [0, 0.05) is 17.9 Å². The first kappa shape index (κ1) is 11.1. The van der Waals surface area contributed by atoms with Crippen molar-refractivity contribution in [1.82, 2.24) is 5.16 Å². The molecule has 5 nitrogen and oxygen atoms in total. The Morgan fingerprint density at radius 1 is 1.86 bits per heavy atom. The van der Waals surface area contributed by atoms with Crippen molar-refractivity contribution in [3.63, 3.8) is 0 Å². The molecule has 0 amide bonds. The van der Waals surface area contributed by atoms with Crippen LogP contribution in [0.25, 0.3) is 0 Å². The zero-order valence-electron chi connectivity index (χ0n) is 7.77. The summed E-state index contributed by atoms with van der Waals surface area (Å²) < 4.78 is 4.82. The average molecular weight is 216 g/mol. The van der Waals surface area contributed by atoms with E-state index < -0.39 is 5.97 Å². The molecule has 1 aromatic rings. The summed E-state index contributed by atoms with van der Waals surface area (Å²) in [4.78, 5) is 10.4. The first-order valence-electron chi connectivity index (χ1n) is 4.12. The summed E-state index contributed by atoms with van der Waals surface area (Å²) in [5, 5.41) is 12.0. The molecule has 78 valence electrons. The predicted molar refractivity (Wildman–Crippen MR) is 53.3 cm³/mol. The monoisotopic (exact) mass is 216 g/mol. The highest BCUT2D eigenvalue weighted by Crippen LogP contribution is 2.13. The Bertz CT molecular complexity index is 311. The molecule has 0 saturated heterocycles. The van der Waals surface area contributed by atoms with Crippen LogP contribution in [-0.4, -0.2) is 28.0 Å². The van der Waals surface area contributed by atoms with Gasteiger partial charge in [0.05, 0.1) is 5.75 Å². The second kappa shape index (κ2) is 5.02. The van der Waals surface area contributed by atoms with Gasteiger partial charge >= 0.3 is 5.97 Å². The lowest BCUT2D eigenvalue weighted by Gasteiger charge is -2.01. The normalized spacial score (nSPS) is 12.7. The SMILES string of the molecule is CC(N)CSCc1cc(C(=O)O)no1. The maximum atomic E-state index is 10.4. The molecule has 1 rings (SSSR count). The molecular weight excluding hydrogens is 204 g/mol. The summed E-state index contributed by atoms with van der Waals surface area (Å²) in [5.41, 5.74) is 5.49. The van der Waals surface area contributed by atoms with Gasteiger partial charge in [0.1, 0.15) is 5.76 Å². The van der Waals surface area contributed by atoms with Crippen molar-refractivity contribution in [3.05, 3.63) is 17.5 Å². The minimum atomic E-state index is -1.07. The van der Waals surface area contributed by atoms with Crippen molar-refractivity contribution in [2.24, 2.45) is 5.73 Å². The number of thioether (sulfide) groups is 1. The van der Waals surface area contributed by atoms with Gasteiger partial charge in [-0.25, -0.2) is 4.79 Å². The summed E-state index contributed by atoms with van der Waals surface area (Å²) >= 11 is 1.59. The van der Waals surface area contributed by atoms with E-state index in [-0.39, 0.29) is 11.7 Å². The van der Waals surface area contributed by atoms with Gasteiger partial charge < -0.3 is 15.4 Å². The number of nitrogens with two attached hydrogens (primary N) is 1. The zero-order valence-corrected chi connectivity index (χ0v) is 8.58. The second-order valence-electron chi connectivity index (χ2n) is 2.98. The van der Waals surface area contributed by atoms with Gasteiger partial charge in [-0.3, -0.25) is 0 Å². The molecule has 1 unspecified atom stereocenters. The molecule has 0 aromatic carbocycles. The van der Waals surface area contributed by atoms with Gasteiger partial charge in [0.2, 0.25) is 0 Å². The first-order valence-corrected chi connectivity index (χ1v) is 5.27. The second-order valence-corrected chi connectivity index (χ2v) is 4.01. The van der Waals surface area contributed by atoms with Gasteiger partial charge in [0.25, 0.3) is 0 Å². The summed E-state index contributed by atoms with van der Waals surface area (Å²) in [6.07, 6.45) is 0. The fourth-order valence-corrected chi connectivity index (χ4v) is 1.65. The number of aromatic carboxylic acids is 1. The van der Waals surface area contributed by atoms with Crippen LogP contribution in [0.3, 0.4) is 0 Å². The lowest BCUT2D eigenvalue weighted by molar-refractivity contribution is 0.0685. The summed E-state index contributed by atoms with van der Waals surface area (Å²) in [5.74, 6) is 0.899. The fraction of sp³-hybridized carbons (Fsp3) is 0.500. The number of hydrogen-bond acceptors (Lipinski definition) is 5. The Kier molecular flexibility index (Phi) is 3.97. The Morgan fingerprint density at radius 2 is 2.57 bits per heavy atom. The van der Waals surface area contributed by atoms with Crippen molar-refractivity contribution in [1.29, 1.82) is 0 Å². The third kappa shape index (κ3) is 3.39. The molecule has 1 heterocycles. The van der Waals surface area contributed by atoms with Crippen LogP contribution in [0.4, 0.5) is 0 Å². The van der Waals surface area contributed by atoms with E-state index in [1.807, 2.05) is 6.92 Å². The average Bonchev–Trinajstić information content (AvgIpc) is 2.52. The zero-order chi connectivity index (χ0) is 10.6. The molecule has 6 heteroatoms. The van der Waals surface area contributed by atoms with Gasteiger partial charge in [-0.05, 0) is 6.92 Å². The Balaban J connectivity index is 2.40. The maximum Gasteiger partial charge on any atom is 0.358 e. The molecule has 0 radical (unpaired) electrons. The maximum absolute atomic E-state index is 10.4. The summed E-state index contributed by atoms with van der Waals surface area (Å²) in [7, 11) is 0. The molecule has 0 bridgehead atoms. The largest absolute Gasteiger partial charge is 0.476 e. The Hall–Kier alpha value is -1.01. The third-order valence-corrected chi connectivity index (χ3v) is 2.65. The van der Waals surface area contributed by atoms with E-state index in [0.29, 0.717) is 11.5 Å². The van der Waals surface area contributed by atoms with Crippen molar-refractivity contribution < 1.29 is 14.4 Å². The minimum absolute atomic E-state index is 0.0543. The number of aromatic nitrogens is 1. The smallest absolute Gasteiger partial charge is 0.358 e. The highest BCUT2D eigenvalue weighted by atomic mass is 32.2. The van der Waals surface area contributed by atoms with E-state index in [2.05, 4.69) is 5.16 Å². The van der Waals surface area contributed by atoms with Crippen LogP contribution in [0.2, 0.25) is 0 Å². The van der Waals surface area contributed by atoms with Crippen LogP contribution in [0.5, 0.6) is 0 Å². The molecule has 0 aliphatic carbocycles. The highest BCUT2D eigenvalue weighted by molar-refractivity contribution is 7.98. The quantitative estimate of drug-likeness (QED) is 0.761. The number of carbonyl (C=O) groups is 1. The standard InChI is InChI=1S/C8H12N2O3S/c1-5(9)3-14-4-6-2-7(8(11)12)10-13-6/h2,5H,3-4,9H2,1H3,(H,11,12). The molecule has 0 saturated carbocycles. The van der Waals surface area contributed by atoms with Gasteiger partial charge in [-0.2, -0.15) is 11.8 Å². The molecule has 1 atom stereocenters. The number of carboxylic acids is 1. The van der Waals surface area contributed by atoms with Crippen LogP contribution in [0.1, 0.15) is 23.2 Å². The number of hydrogen-bond donors (Lipinski definition) is 2. The van der Waals surface area contributed by atoms with Gasteiger partial charge in [-0.15, -0.1) is 0 Å². The summed E-state index contributed by atoms with van der Waals surface area (Å²) in [6, 6.07) is 1.55. The van der Waals surface area contributed by atoms with E-state index in [9.17, 15) is 4.79 Å². The molecule has 3 N–H and O–H groups in total. The molecular formula is C8H12N2O3S. The van der Waals surface area contributed by atoms with Crippen LogP contribution >= 0.6 is 11.8 Å². The Morgan fingerprint density at radius 3 is 3.07 bits per heavy atom. The van der Waals surface area contributed by atoms with Crippen molar-refractivity contribution >= 4 is 17.7 Å². The van der Waals surface area contributed by atoms with E-state index in [1.54, 1.807) is 11.8 Å². The van der Waals surface area contributed by atoms with E-state index in [0.717, 1.165) is 5.75 Å². The van der Waals surface area contributed by atoms with E-state index in [1.165, 1.54) is 6.07 Å². The molecule has 0 spiro atoms. The fourth-order valence-electron chi connectivity index (χ4n) is 0.827. The number of nitrogens with zero attached hydrogens (tertiary/aromatic N) is 1. The molecule has 0 aliphatic rings. The van der Waals surface area contributed by atoms with Gasteiger partial charge in [0.15, 0.2) is 5.69 Å². The van der Waals surface area contributed by atoms with Crippen molar-refractivity contribution in [2.45, 2.75) is 18.7 Å². The summed E-state index contributed by atoms with van der Waals surface area (Å²) in [6.45, 7) is 1.91. The molecule has 1 aromatic heterocycles. The number of carboxylic acid groups (broad SMARTS) is 1. The molecule has 0 fully saturated rings. The van der Waals surface area contributed by atoms with Crippen LogP contribution < -0.4 is 5.73 Å². The highest BCUT2D eigenvalue weighted by Gasteiger charge is 2.10. The van der Waals surface area contributed by atoms with Crippen LogP contribution in [-0.2, 0) is 5.75 Å². The first-order chi connectivity index (χ1) is 6.59. The van der Waals surface area contributed by atoms with Crippen molar-refractivity contribution in [3.8, 4) is 0 Å². The van der Waals surface area contributed by atoms with Gasteiger partial charge in [-0.1, -0.05) is 5.16 Å². The predicted octanol–water partition coefficient (Wildman–Crippen LogP) is 0.953. The molecule has 14 heavy (non-hydrogen) atoms.